The van der Waals surface area contributed by atoms with E-state index in [1.165, 1.54) is 18.2 Å². The number of carbonyl (C=O) groups excluding carboxylic acids is 3. The highest BCUT2D eigenvalue weighted by atomic mass is 16.5. The number of rotatable bonds is 6. The van der Waals surface area contributed by atoms with Crippen LogP contribution >= 0.6 is 0 Å². The van der Waals surface area contributed by atoms with Gasteiger partial charge in [-0.2, -0.15) is 0 Å². The van der Waals surface area contributed by atoms with Crippen LogP contribution in [0.15, 0.2) is 18.2 Å². The number of hydrogen-bond acceptors (Lipinski definition) is 4. The van der Waals surface area contributed by atoms with Gasteiger partial charge in [-0.25, -0.2) is 4.79 Å². The first-order valence-corrected chi connectivity index (χ1v) is 9.77. The first-order valence-electron chi connectivity index (χ1n) is 9.77. The van der Waals surface area contributed by atoms with Gasteiger partial charge in [0.1, 0.15) is 11.3 Å². The maximum absolute atomic E-state index is 13.2. The van der Waals surface area contributed by atoms with Gasteiger partial charge in [0, 0.05) is 11.1 Å². The number of ketones is 1. The van der Waals surface area contributed by atoms with Crippen LogP contribution in [0.4, 0.5) is 4.79 Å². The summed E-state index contributed by atoms with van der Waals surface area (Å²) in [6.07, 6.45) is 5.30. The molecule has 27 heavy (non-hydrogen) atoms. The Morgan fingerprint density at radius 3 is 2.59 bits per heavy atom. The number of ether oxygens (including phenoxy) is 1. The lowest BCUT2D eigenvalue weighted by Gasteiger charge is -2.34. The zero-order chi connectivity index (χ0) is 19.6. The number of Topliss-reactive ketones (excluding diaryl/α,β-unsaturated/α-hetero) is 1. The van der Waals surface area contributed by atoms with Gasteiger partial charge in [-0.1, -0.05) is 19.3 Å². The molecule has 0 radical (unpaired) electrons. The molecule has 146 valence electrons. The van der Waals surface area contributed by atoms with Gasteiger partial charge in [0.25, 0.3) is 5.91 Å². The number of benzene rings is 1. The Morgan fingerprint density at radius 2 is 1.96 bits per heavy atom. The zero-order valence-corrected chi connectivity index (χ0v) is 16.3. The Labute approximate surface area is 160 Å². The second kappa shape index (κ2) is 7.71. The van der Waals surface area contributed by atoms with Crippen LogP contribution < -0.4 is 10.1 Å². The fraction of sp³-hybridized carbons (Fsp3) is 0.571. The van der Waals surface area contributed by atoms with E-state index in [2.05, 4.69) is 5.32 Å². The smallest absolute Gasteiger partial charge is 0.325 e. The predicted octanol–water partition coefficient (Wildman–Crippen LogP) is 3.68. The molecule has 6 nitrogen and oxygen atoms in total. The van der Waals surface area contributed by atoms with Crippen molar-refractivity contribution in [2.24, 2.45) is 5.92 Å². The standard InChI is InChI=1S/C21H28N2O4/c1-4-27-18-11-10-15(14(2)24)12-16(18)13-23-19(25)21(3,22-20(23)26)17-8-6-5-7-9-17/h10-12,17H,4-9,13H2,1-3H3,(H,22,26)/t21-/m1/s1. The Kier molecular flexibility index (Phi) is 5.53. The van der Waals surface area contributed by atoms with E-state index in [1.807, 2.05) is 13.8 Å². The van der Waals surface area contributed by atoms with Crippen LogP contribution in [-0.2, 0) is 11.3 Å². The van der Waals surface area contributed by atoms with E-state index in [0.717, 1.165) is 25.7 Å². The Hall–Kier alpha value is -2.37. The highest BCUT2D eigenvalue weighted by molar-refractivity contribution is 6.07. The molecule has 1 saturated heterocycles. The first kappa shape index (κ1) is 19.4. The van der Waals surface area contributed by atoms with E-state index in [1.54, 1.807) is 18.2 Å². The number of urea groups is 1. The summed E-state index contributed by atoms with van der Waals surface area (Å²) in [5.74, 6) is 0.510. The van der Waals surface area contributed by atoms with Crippen LogP contribution in [0.5, 0.6) is 5.75 Å². The average Bonchev–Trinajstić information content (AvgIpc) is 2.88. The number of nitrogens with zero attached hydrogens (tertiary/aromatic N) is 1. The molecule has 6 heteroatoms. The van der Waals surface area contributed by atoms with Gasteiger partial charge in [0.2, 0.25) is 0 Å². The predicted molar refractivity (Wildman–Crippen MR) is 102 cm³/mol. The van der Waals surface area contributed by atoms with E-state index in [-0.39, 0.29) is 30.2 Å². The topological polar surface area (TPSA) is 75.7 Å². The molecule has 2 aliphatic rings. The van der Waals surface area contributed by atoms with E-state index in [0.29, 0.717) is 23.5 Å². The van der Waals surface area contributed by atoms with Crippen molar-refractivity contribution < 1.29 is 19.1 Å². The largest absolute Gasteiger partial charge is 0.494 e. The molecule has 0 bridgehead atoms. The molecule has 1 N–H and O–H groups in total. The van der Waals surface area contributed by atoms with Crippen molar-refractivity contribution >= 4 is 17.7 Å². The number of amides is 3. The van der Waals surface area contributed by atoms with Crippen LogP contribution in [0.2, 0.25) is 0 Å². The molecule has 1 aromatic carbocycles. The van der Waals surface area contributed by atoms with Crippen LogP contribution in [0.25, 0.3) is 0 Å². The second-order valence-corrected chi connectivity index (χ2v) is 7.67. The van der Waals surface area contributed by atoms with E-state index < -0.39 is 5.54 Å². The lowest BCUT2D eigenvalue weighted by atomic mass is 9.75. The van der Waals surface area contributed by atoms with Crippen LogP contribution in [0.1, 0.15) is 68.8 Å². The minimum absolute atomic E-state index is 0.0662. The summed E-state index contributed by atoms with van der Waals surface area (Å²) in [7, 11) is 0. The van der Waals surface area contributed by atoms with Crippen LogP contribution in [-0.4, -0.2) is 34.8 Å². The molecule has 1 aliphatic carbocycles. The highest BCUT2D eigenvalue weighted by Gasteiger charge is 2.52. The molecule has 1 atom stereocenters. The van der Waals surface area contributed by atoms with Gasteiger partial charge >= 0.3 is 6.03 Å². The van der Waals surface area contributed by atoms with Crippen molar-refractivity contribution in [3.8, 4) is 5.75 Å². The summed E-state index contributed by atoms with van der Waals surface area (Å²) in [5, 5.41) is 2.94. The molecular formula is C21H28N2O4. The molecule has 0 spiro atoms. The molecule has 1 saturated carbocycles. The quantitative estimate of drug-likeness (QED) is 0.610. The number of imide groups is 1. The second-order valence-electron chi connectivity index (χ2n) is 7.67. The molecule has 3 rings (SSSR count). The van der Waals surface area contributed by atoms with Gasteiger partial charge in [-0.05, 0) is 57.7 Å². The third kappa shape index (κ3) is 3.70. The number of carbonyl (C=O) groups is 3. The fourth-order valence-corrected chi connectivity index (χ4v) is 4.20. The summed E-state index contributed by atoms with van der Waals surface area (Å²) in [4.78, 5) is 38.8. The first-order chi connectivity index (χ1) is 12.9. The van der Waals surface area contributed by atoms with Gasteiger partial charge < -0.3 is 10.1 Å². The summed E-state index contributed by atoms with van der Waals surface area (Å²) >= 11 is 0. The van der Waals surface area contributed by atoms with E-state index in [9.17, 15) is 14.4 Å². The van der Waals surface area contributed by atoms with Gasteiger partial charge in [0.05, 0.1) is 13.2 Å². The van der Waals surface area contributed by atoms with Gasteiger partial charge in [-0.3, -0.25) is 14.5 Å². The van der Waals surface area contributed by atoms with Crippen LogP contribution in [0.3, 0.4) is 0 Å². The Morgan fingerprint density at radius 1 is 1.26 bits per heavy atom. The molecule has 1 heterocycles. The summed E-state index contributed by atoms with van der Waals surface area (Å²) in [5.41, 5.74) is 0.359. The Bertz CT molecular complexity index is 755. The van der Waals surface area contributed by atoms with Crippen molar-refractivity contribution in [2.75, 3.05) is 6.61 Å². The number of hydrogen-bond donors (Lipinski definition) is 1. The van der Waals surface area contributed by atoms with Gasteiger partial charge in [-0.15, -0.1) is 0 Å². The molecule has 1 aliphatic heterocycles. The maximum atomic E-state index is 13.2. The zero-order valence-electron chi connectivity index (χ0n) is 16.3. The summed E-state index contributed by atoms with van der Waals surface area (Å²) in [6, 6.07) is 4.77. The van der Waals surface area contributed by atoms with Crippen molar-refractivity contribution in [1.82, 2.24) is 10.2 Å². The maximum Gasteiger partial charge on any atom is 0.325 e. The van der Waals surface area contributed by atoms with Crippen molar-refractivity contribution in [2.45, 2.75) is 65.0 Å². The van der Waals surface area contributed by atoms with Crippen molar-refractivity contribution in [3.05, 3.63) is 29.3 Å². The number of nitrogens with one attached hydrogen (secondary N) is 1. The van der Waals surface area contributed by atoms with Gasteiger partial charge in [0.15, 0.2) is 5.78 Å². The molecule has 0 aromatic heterocycles. The summed E-state index contributed by atoms with van der Waals surface area (Å²) < 4.78 is 5.64. The third-order valence-corrected chi connectivity index (χ3v) is 5.82. The fourth-order valence-electron chi connectivity index (χ4n) is 4.20. The SMILES string of the molecule is CCOc1ccc(C(C)=O)cc1CN1C(=O)N[C@](C)(C2CCCCC2)C1=O. The molecule has 3 amide bonds. The monoisotopic (exact) mass is 372 g/mol. The third-order valence-electron chi connectivity index (χ3n) is 5.82. The van der Waals surface area contributed by atoms with Crippen molar-refractivity contribution in [1.29, 1.82) is 0 Å². The average molecular weight is 372 g/mol. The molecule has 0 unspecified atom stereocenters. The molecular weight excluding hydrogens is 344 g/mol. The van der Waals surface area contributed by atoms with E-state index in [4.69, 9.17) is 4.74 Å². The van der Waals surface area contributed by atoms with Crippen LogP contribution in [0, 0.1) is 5.92 Å². The van der Waals surface area contributed by atoms with Crippen molar-refractivity contribution in [3.63, 3.8) is 0 Å². The lowest BCUT2D eigenvalue weighted by Crippen LogP contribution is -2.51. The lowest BCUT2D eigenvalue weighted by molar-refractivity contribution is -0.133. The normalized spacial score (nSPS) is 23.4. The summed E-state index contributed by atoms with van der Waals surface area (Å²) in [6.45, 7) is 5.78. The minimum Gasteiger partial charge on any atom is -0.494 e. The molecule has 1 aromatic rings. The minimum atomic E-state index is -0.846. The Balaban J connectivity index is 1.86. The van der Waals surface area contributed by atoms with E-state index >= 15 is 0 Å². The molecule has 2 fully saturated rings. The highest BCUT2D eigenvalue weighted by Crippen LogP contribution is 2.37.